The first kappa shape index (κ1) is 57.3. The molecule has 9 rings (SSSR count). The van der Waals surface area contributed by atoms with E-state index in [1.54, 1.807) is 6.92 Å². The van der Waals surface area contributed by atoms with E-state index in [-0.39, 0.29) is 45.2 Å². The fourth-order valence-electron chi connectivity index (χ4n) is 11.8. The van der Waals surface area contributed by atoms with Gasteiger partial charge in [0.05, 0.1) is 48.4 Å². The number of rotatable bonds is 8. The fourth-order valence-corrected chi connectivity index (χ4v) is 11.8. The Morgan fingerprint density at radius 3 is 1.96 bits per heavy atom. The number of esters is 9. The standard InChI is InChI=1S/C54H60N2O23/c1-24-25(2)45(61)76-42-40(72-26(3)57)44(74-28(5)59)53-23-71-48(64)33-20-55-17-15-30(33)21-69-38-34(67-11)18-31(19-35(38)68-12)46(62)75-39(43(53)77-49(65)50(7,8)78-29(6)60)36-41(73-27(4)58)54(53,52(42,10)66)79-51(36,9)22-70-47(63)32-14-13-16-56-37(24)32/h13-20,24-25,36,39-44,66H,21-23H2,1-12H3/t24-,25-,36+,39+,40-,41+,42?,43+,44-,51-,52-,53+,54-/m0/s1. The monoisotopic (exact) mass is 1100 g/mol. The zero-order valence-electron chi connectivity index (χ0n) is 45.3. The predicted octanol–water partition coefficient (Wildman–Crippen LogP) is 3.25. The summed E-state index contributed by atoms with van der Waals surface area (Å²) in [7, 11) is 2.51. The van der Waals surface area contributed by atoms with Gasteiger partial charge in [-0.05, 0) is 58.0 Å². The van der Waals surface area contributed by atoms with Crippen LogP contribution in [0.4, 0.5) is 0 Å². The maximum atomic E-state index is 15.4. The Morgan fingerprint density at radius 2 is 1.34 bits per heavy atom. The highest BCUT2D eigenvalue weighted by Gasteiger charge is 2.92. The Labute approximate surface area is 452 Å². The number of aliphatic hydroxyl groups is 1. The third-order valence-corrected chi connectivity index (χ3v) is 15.3. The molecule has 25 nitrogen and oxygen atoms in total. The number of hydrogen-bond donors (Lipinski definition) is 1. The first-order valence-corrected chi connectivity index (χ1v) is 25.0. The molecule has 1 saturated heterocycles. The van der Waals surface area contributed by atoms with Gasteiger partial charge in [-0.15, -0.1) is 0 Å². The van der Waals surface area contributed by atoms with Crippen LogP contribution >= 0.6 is 0 Å². The molecular formula is C54H60N2O23. The predicted molar refractivity (Wildman–Crippen MR) is 261 cm³/mol. The second-order valence-electron chi connectivity index (χ2n) is 20.9. The van der Waals surface area contributed by atoms with Crippen molar-refractivity contribution in [1.82, 2.24) is 9.97 Å². The van der Waals surface area contributed by atoms with Crippen molar-refractivity contribution in [2.45, 2.75) is 141 Å². The van der Waals surface area contributed by atoms with Crippen LogP contribution in [-0.2, 0) is 82.7 Å². The van der Waals surface area contributed by atoms with Crippen LogP contribution in [0, 0.1) is 17.3 Å². The van der Waals surface area contributed by atoms with Crippen molar-refractivity contribution in [1.29, 1.82) is 0 Å². The van der Waals surface area contributed by atoms with Crippen LogP contribution in [0.1, 0.15) is 117 Å². The molecule has 13 atom stereocenters. The normalized spacial score (nSPS) is 32.1. The number of benzene rings is 1. The van der Waals surface area contributed by atoms with E-state index in [1.165, 1.54) is 70.8 Å². The van der Waals surface area contributed by atoms with Crippen LogP contribution in [0.5, 0.6) is 17.2 Å². The topological polar surface area (TPSA) is 320 Å². The van der Waals surface area contributed by atoms with Gasteiger partial charge < -0.3 is 66.7 Å². The largest absolute Gasteiger partial charge is 0.493 e. The summed E-state index contributed by atoms with van der Waals surface area (Å²) in [5.41, 5.74) is -14.3. The molecule has 1 N–H and O–H groups in total. The smallest absolute Gasteiger partial charge is 0.350 e. The van der Waals surface area contributed by atoms with Crippen LogP contribution < -0.4 is 14.2 Å². The molecule has 25 heteroatoms. The highest BCUT2D eigenvalue weighted by Crippen LogP contribution is 2.70. The molecule has 0 amide bonds. The van der Waals surface area contributed by atoms with E-state index in [4.69, 9.17) is 61.6 Å². The van der Waals surface area contributed by atoms with Crippen LogP contribution in [0.3, 0.4) is 0 Å². The number of carbonyl (C=O) groups excluding carboxylic acids is 9. The second-order valence-corrected chi connectivity index (χ2v) is 20.9. The van der Waals surface area contributed by atoms with Crippen molar-refractivity contribution < 1.29 is 110 Å². The highest BCUT2D eigenvalue weighted by molar-refractivity contribution is 5.93. The van der Waals surface area contributed by atoms with Crippen LogP contribution in [0.25, 0.3) is 0 Å². The number of carbonyl (C=O) groups is 9. The van der Waals surface area contributed by atoms with Gasteiger partial charge in [0.15, 0.2) is 41.5 Å². The lowest BCUT2D eigenvalue weighted by atomic mass is 9.45. The van der Waals surface area contributed by atoms with Gasteiger partial charge in [-0.2, -0.15) is 0 Å². The summed E-state index contributed by atoms with van der Waals surface area (Å²) in [6, 6.07) is 6.64. The van der Waals surface area contributed by atoms with Gasteiger partial charge >= 0.3 is 53.7 Å². The minimum Gasteiger partial charge on any atom is -0.493 e. The van der Waals surface area contributed by atoms with Gasteiger partial charge in [-0.25, -0.2) is 19.2 Å². The number of methoxy groups -OCH3 is 2. The van der Waals surface area contributed by atoms with Gasteiger partial charge in [0.2, 0.25) is 11.4 Å². The summed E-state index contributed by atoms with van der Waals surface area (Å²) < 4.78 is 80.8. The number of pyridine rings is 2. The highest BCUT2D eigenvalue weighted by atomic mass is 16.7. The Hall–Kier alpha value is -7.93. The third-order valence-electron chi connectivity index (χ3n) is 15.3. The van der Waals surface area contributed by atoms with Crippen molar-refractivity contribution in [2.75, 3.05) is 27.4 Å². The third kappa shape index (κ3) is 9.58. The van der Waals surface area contributed by atoms with Crippen molar-refractivity contribution in [3.63, 3.8) is 0 Å². The van der Waals surface area contributed by atoms with E-state index < -0.39 is 156 Å². The van der Waals surface area contributed by atoms with Crippen LogP contribution in [0.2, 0.25) is 0 Å². The van der Waals surface area contributed by atoms with Gasteiger partial charge in [0.25, 0.3) is 0 Å². The molecule has 2 spiro atoms. The molecule has 3 aromatic rings. The van der Waals surface area contributed by atoms with Gasteiger partial charge in [-0.3, -0.25) is 33.9 Å². The minimum atomic E-state index is -3.08. The molecular weight excluding hydrogens is 1040 g/mol. The molecule has 1 unspecified atom stereocenters. The van der Waals surface area contributed by atoms with Crippen LogP contribution in [0.15, 0.2) is 48.9 Å². The average molecular weight is 1110 g/mol. The maximum absolute atomic E-state index is 15.4. The first-order chi connectivity index (χ1) is 37.1. The maximum Gasteiger partial charge on any atom is 0.350 e. The molecule has 6 heterocycles. The zero-order chi connectivity index (χ0) is 57.9. The summed E-state index contributed by atoms with van der Waals surface area (Å²) in [5.74, 6) is -15.0. The molecule has 8 bridgehead atoms. The van der Waals surface area contributed by atoms with E-state index in [9.17, 15) is 33.9 Å². The Morgan fingerprint density at radius 1 is 0.722 bits per heavy atom. The lowest BCUT2D eigenvalue weighted by Gasteiger charge is -2.67. The second kappa shape index (κ2) is 21.0. The summed E-state index contributed by atoms with van der Waals surface area (Å²) in [5, 5.41) is 14.1. The lowest BCUT2D eigenvalue weighted by Crippen LogP contribution is -2.89. The van der Waals surface area contributed by atoms with Crippen molar-refractivity contribution in [3.05, 3.63) is 76.9 Å². The Balaban J connectivity index is 1.57. The van der Waals surface area contributed by atoms with E-state index in [0.29, 0.717) is 0 Å². The summed E-state index contributed by atoms with van der Waals surface area (Å²) >= 11 is 0. The van der Waals surface area contributed by atoms with Gasteiger partial charge in [-0.1, -0.05) is 13.8 Å². The number of ether oxygens (including phenoxy) is 13. The minimum absolute atomic E-state index is 0.0517. The van der Waals surface area contributed by atoms with Crippen molar-refractivity contribution in [2.24, 2.45) is 17.3 Å². The first-order valence-electron chi connectivity index (χ1n) is 25.0. The molecule has 2 aromatic heterocycles. The molecule has 4 aliphatic heterocycles. The van der Waals surface area contributed by atoms with Gasteiger partial charge in [0, 0.05) is 57.8 Å². The molecule has 1 aromatic carbocycles. The number of aromatic nitrogens is 2. The quantitative estimate of drug-likeness (QED) is 0.250. The summed E-state index contributed by atoms with van der Waals surface area (Å²) in [4.78, 5) is 138. The molecule has 0 radical (unpaired) electrons. The SMILES string of the molecule is COc1cc2cc(OC)c1OCc1ccncc1C(=O)OC[C@]13[C@H](OC(=O)C(C)(C)OC(C)=O)[C@H](OC2=O)[C@@H]2[C@@H](OC(C)=O)[C@@]14O[C@@]2(C)COC(=O)c1cccnc1[C@@H](C)[C@H](C)C(=O)OC([C@H](OC(C)=O)[C@@H]3OC(C)=O)[C@]4(C)O. The van der Waals surface area contributed by atoms with E-state index in [1.807, 2.05) is 0 Å². The molecule has 3 fully saturated rings. The average Bonchev–Trinajstić information content (AvgIpc) is 3.46. The molecule has 2 saturated carbocycles. The Bertz CT molecular complexity index is 2990. The zero-order valence-corrected chi connectivity index (χ0v) is 45.3. The number of hydrogen-bond acceptors (Lipinski definition) is 25. The van der Waals surface area contributed by atoms with E-state index in [2.05, 4.69) is 9.97 Å². The molecule has 424 valence electrons. The summed E-state index contributed by atoms with van der Waals surface area (Å²) in [6.45, 7) is 8.70. The number of fused-ring (bicyclic) bond motifs is 11. The molecule has 2 aliphatic carbocycles. The van der Waals surface area contributed by atoms with Crippen molar-refractivity contribution in [3.8, 4) is 17.2 Å². The summed E-state index contributed by atoms with van der Waals surface area (Å²) in [6.07, 6.45) is -9.98. The Kier molecular flexibility index (Phi) is 15.2. The van der Waals surface area contributed by atoms with Crippen molar-refractivity contribution >= 4 is 53.7 Å². The lowest BCUT2D eigenvalue weighted by molar-refractivity contribution is -0.386. The number of cyclic esters (lactones) is 1. The molecule has 6 aliphatic rings. The molecule has 79 heavy (non-hydrogen) atoms. The van der Waals surface area contributed by atoms with Gasteiger partial charge in [0.1, 0.15) is 48.6 Å². The number of nitrogens with zero attached hydrogens (tertiary/aromatic N) is 2. The van der Waals surface area contributed by atoms with Crippen LogP contribution in [-0.4, -0.2) is 155 Å². The van der Waals surface area contributed by atoms with E-state index in [0.717, 1.165) is 54.7 Å². The van der Waals surface area contributed by atoms with E-state index >= 15 is 14.4 Å². The fraction of sp³-hybridized carbons (Fsp3) is 0.537.